The fourth-order valence-corrected chi connectivity index (χ4v) is 0.879. The average Bonchev–Trinajstić information content (AvgIpc) is 2.23. The van der Waals surface area contributed by atoms with E-state index in [1.54, 1.807) is 0 Å². The standard InChI is InChI=1S/C10H15F3O4/c1-2-9(15)17-7-8(14)6-16-5-3-4-10(11,12)13/h2,8,14H,1,3-7H2. The number of aliphatic hydroxyl groups is 1. The maximum Gasteiger partial charge on any atom is 0.389 e. The summed E-state index contributed by atoms with van der Waals surface area (Å²) in [4.78, 5) is 10.6. The van der Waals surface area contributed by atoms with E-state index >= 15 is 0 Å². The Morgan fingerprint density at radius 1 is 1.41 bits per heavy atom. The fraction of sp³-hybridized carbons (Fsp3) is 0.700. The monoisotopic (exact) mass is 256 g/mol. The molecule has 0 heterocycles. The van der Waals surface area contributed by atoms with E-state index in [2.05, 4.69) is 11.3 Å². The molecule has 4 nitrogen and oxygen atoms in total. The minimum absolute atomic E-state index is 0.105. The summed E-state index contributed by atoms with van der Waals surface area (Å²) >= 11 is 0. The SMILES string of the molecule is C=CC(=O)OCC(O)COCCCC(F)(F)F. The summed E-state index contributed by atoms with van der Waals surface area (Å²) in [6.07, 6.45) is -5.39. The second-order valence-electron chi connectivity index (χ2n) is 3.28. The zero-order valence-corrected chi connectivity index (χ0v) is 9.20. The number of alkyl halides is 3. The third-order valence-corrected chi connectivity index (χ3v) is 1.64. The van der Waals surface area contributed by atoms with Crippen molar-refractivity contribution >= 4 is 5.97 Å². The van der Waals surface area contributed by atoms with Gasteiger partial charge in [0.25, 0.3) is 0 Å². The van der Waals surface area contributed by atoms with E-state index in [4.69, 9.17) is 4.74 Å². The van der Waals surface area contributed by atoms with E-state index in [0.717, 1.165) is 6.08 Å². The van der Waals surface area contributed by atoms with Crippen LogP contribution in [0.5, 0.6) is 0 Å². The molecule has 0 aromatic carbocycles. The molecule has 1 atom stereocenters. The summed E-state index contributed by atoms with van der Waals surface area (Å²) < 4.78 is 44.4. The number of ether oxygens (including phenoxy) is 2. The molecular formula is C10H15F3O4. The largest absolute Gasteiger partial charge is 0.460 e. The number of rotatable bonds is 8. The number of esters is 1. The topological polar surface area (TPSA) is 55.8 Å². The third kappa shape index (κ3) is 11.2. The van der Waals surface area contributed by atoms with Crippen LogP contribution >= 0.6 is 0 Å². The number of hydrogen-bond donors (Lipinski definition) is 1. The smallest absolute Gasteiger partial charge is 0.389 e. The van der Waals surface area contributed by atoms with E-state index in [1.165, 1.54) is 0 Å². The molecular weight excluding hydrogens is 241 g/mol. The summed E-state index contributed by atoms with van der Waals surface area (Å²) in [6.45, 7) is 2.60. The number of aliphatic hydroxyl groups excluding tert-OH is 1. The van der Waals surface area contributed by atoms with Crippen LogP contribution in [0.1, 0.15) is 12.8 Å². The van der Waals surface area contributed by atoms with Gasteiger partial charge in [0.15, 0.2) is 0 Å². The van der Waals surface area contributed by atoms with Gasteiger partial charge in [-0.05, 0) is 6.42 Å². The van der Waals surface area contributed by atoms with Crippen molar-refractivity contribution in [3.05, 3.63) is 12.7 Å². The first-order valence-electron chi connectivity index (χ1n) is 4.97. The van der Waals surface area contributed by atoms with Crippen molar-refractivity contribution in [2.75, 3.05) is 19.8 Å². The van der Waals surface area contributed by atoms with Crippen LogP contribution in [0.4, 0.5) is 13.2 Å². The predicted molar refractivity (Wildman–Crippen MR) is 53.3 cm³/mol. The Bertz CT molecular complexity index is 240. The van der Waals surface area contributed by atoms with Crippen LogP contribution in [-0.4, -0.2) is 43.2 Å². The molecule has 0 fully saturated rings. The van der Waals surface area contributed by atoms with Gasteiger partial charge in [0.05, 0.1) is 6.61 Å². The van der Waals surface area contributed by atoms with Crippen LogP contribution in [0, 0.1) is 0 Å². The Labute approximate surface area is 97.0 Å². The van der Waals surface area contributed by atoms with Gasteiger partial charge in [-0.3, -0.25) is 0 Å². The molecule has 0 amide bonds. The minimum Gasteiger partial charge on any atom is -0.460 e. The van der Waals surface area contributed by atoms with Crippen molar-refractivity contribution < 1.29 is 32.5 Å². The average molecular weight is 256 g/mol. The molecule has 0 saturated heterocycles. The first kappa shape index (κ1) is 15.9. The maximum atomic E-state index is 11.7. The Kier molecular flexibility index (Phi) is 7.56. The molecule has 0 aromatic heterocycles. The first-order valence-corrected chi connectivity index (χ1v) is 4.97. The molecule has 0 aliphatic rings. The molecule has 0 aliphatic heterocycles. The predicted octanol–water partition coefficient (Wildman–Crippen LogP) is 1.44. The molecule has 0 spiro atoms. The third-order valence-electron chi connectivity index (χ3n) is 1.64. The molecule has 17 heavy (non-hydrogen) atoms. The normalized spacial score (nSPS) is 13.2. The van der Waals surface area contributed by atoms with Crippen molar-refractivity contribution in [2.24, 2.45) is 0 Å². The van der Waals surface area contributed by atoms with E-state index in [1.807, 2.05) is 0 Å². The van der Waals surface area contributed by atoms with Crippen molar-refractivity contribution in [3.63, 3.8) is 0 Å². The highest BCUT2D eigenvalue weighted by molar-refractivity contribution is 5.81. The van der Waals surface area contributed by atoms with Crippen LogP contribution in [0.3, 0.4) is 0 Å². The zero-order valence-electron chi connectivity index (χ0n) is 9.20. The molecule has 0 rings (SSSR count). The van der Waals surface area contributed by atoms with E-state index in [9.17, 15) is 23.1 Å². The quantitative estimate of drug-likeness (QED) is 0.405. The van der Waals surface area contributed by atoms with E-state index in [0.29, 0.717) is 0 Å². The number of hydrogen-bond acceptors (Lipinski definition) is 4. The summed E-state index contributed by atoms with van der Waals surface area (Å²) in [6, 6.07) is 0. The van der Waals surface area contributed by atoms with Crippen LogP contribution in [-0.2, 0) is 14.3 Å². The molecule has 0 aliphatic carbocycles. The van der Waals surface area contributed by atoms with Gasteiger partial charge >= 0.3 is 12.1 Å². The molecule has 0 bridgehead atoms. The lowest BCUT2D eigenvalue weighted by molar-refractivity contribution is -0.143. The molecule has 0 radical (unpaired) electrons. The lowest BCUT2D eigenvalue weighted by Gasteiger charge is -2.11. The van der Waals surface area contributed by atoms with E-state index in [-0.39, 0.29) is 26.2 Å². The highest BCUT2D eigenvalue weighted by atomic mass is 19.4. The summed E-state index contributed by atoms with van der Waals surface area (Å²) in [5.74, 6) is -0.680. The minimum atomic E-state index is -4.19. The zero-order chi connectivity index (χ0) is 13.3. The van der Waals surface area contributed by atoms with Gasteiger partial charge in [-0.15, -0.1) is 0 Å². The molecule has 7 heteroatoms. The van der Waals surface area contributed by atoms with Crippen molar-refractivity contribution in [1.82, 2.24) is 0 Å². The van der Waals surface area contributed by atoms with E-state index < -0.39 is 24.7 Å². The number of carbonyl (C=O) groups excluding carboxylic acids is 1. The number of carbonyl (C=O) groups is 1. The molecule has 0 saturated carbocycles. The fourth-order valence-electron chi connectivity index (χ4n) is 0.879. The highest BCUT2D eigenvalue weighted by Crippen LogP contribution is 2.20. The lowest BCUT2D eigenvalue weighted by Crippen LogP contribution is -2.23. The van der Waals surface area contributed by atoms with Gasteiger partial charge in [-0.25, -0.2) is 4.79 Å². The second kappa shape index (κ2) is 8.08. The van der Waals surface area contributed by atoms with Crippen LogP contribution in [0.25, 0.3) is 0 Å². The molecule has 100 valence electrons. The van der Waals surface area contributed by atoms with Gasteiger partial charge in [-0.2, -0.15) is 13.2 Å². The molecule has 0 aromatic rings. The molecule has 1 unspecified atom stereocenters. The first-order chi connectivity index (χ1) is 7.85. The van der Waals surface area contributed by atoms with Crippen molar-refractivity contribution in [2.45, 2.75) is 25.1 Å². The van der Waals surface area contributed by atoms with Crippen molar-refractivity contribution in [1.29, 1.82) is 0 Å². The van der Waals surface area contributed by atoms with Gasteiger partial charge < -0.3 is 14.6 Å². The number of halogens is 3. The van der Waals surface area contributed by atoms with Gasteiger partial charge in [-0.1, -0.05) is 6.58 Å². The Balaban J connectivity index is 3.42. The second-order valence-corrected chi connectivity index (χ2v) is 3.28. The molecule has 1 N–H and O–H groups in total. The van der Waals surface area contributed by atoms with Gasteiger partial charge in [0.1, 0.15) is 12.7 Å². The maximum absolute atomic E-state index is 11.7. The van der Waals surface area contributed by atoms with Crippen LogP contribution in [0.15, 0.2) is 12.7 Å². The van der Waals surface area contributed by atoms with Gasteiger partial charge in [0, 0.05) is 19.1 Å². The van der Waals surface area contributed by atoms with Crippen LogP contribution in [0.2, 0.25) is 0 Å². The highest BCUT2D eigenvalue weighted by Gasteiger charge is 2.25. The Hall–Kier alpha value is -1.08. The van der Waals surface area contributed by atoms with Gasteiger partial charge in [0.2, 0.25) is 0 Å². The summed E-state index contributed by atoms with van der Waals surface area (Å²) in [7, 11) is 0. The Morgan fingerprint density at radius 2 is 2.06 bits per heavy atom. The van der Waals surface area contributed by atoms with Crippen LogP contribution < -0.4 is 0 Å². The Morgan fingerprint density at radius 3 is 2.59 bits per heavy atom. The lowest BCUT2D eigenvalue weighted by atomic mass is 10.3. The van der Waals surface area contributed by atoms with Crippen molar-refractivity contribution in [3.8, 4) is 0 Å². The summed E-state index contributed by atoms with van der Waals surface area (Å²) in [5.41, 5.74) is 0. The summed E-state index contributed by atoms with van der Waals surface area (Å²) in [5, 5.41) is 9.19.